The SMILES string of the molecule is CCOCC1N=NC(c2ccc(F)cc2)=C1c1cnc(SOOc2ccccc2)n1C.CCOCn1nnc(-c2cnc(SOOc3ccccc3)n2C)c1-c1ccc(F)cc1.Cn1c(-c2n[nH]nc2-c2ccc(F)cc2)cnc1SOOc1ccccc1. The number of hydrogen-bond acceptors (Lipinski definition) is 20. The summed E-state index contributed by atoms with van der Waals surface area (Å²) >= 11 is 2.97. The van der Waals surface area contributed by atoms with Crippen LogP contribution >= 0.6 is 36.1 Å². The highest BCUT2D eigenvalue weighted by Crippen LogP contribution is 2.39. The summed E-state index contributed by atoms with van der Waals surface area (Å²) in [6.07, 6.45) is 5.08. The molecule has 6 heterocycles. The summed E-state index contributed by atoms with van der Waals surface area (Å²) in [5.74, 6) is 0.844. The highest BCUT2D eigenvalue weighted by Gasteiger charge is 2.30. The fourth-order valence-electron chi connectivity index (χ4n) is 8.51. The Hall–Kier alpha value is -9.39. The lowest BCUT2D eigenvalue weighted by molar-refractivity contribution is -0.0782. The molecule has 28 heteroatoms. The first kappa shape index (κ1) is 62.7. The highest BCUT2D eigenvalue weighted by atomic mass is 32.2. The molecule has 11 aromatic rings. The Bertz CT molecular complexity index is 4080. The minimum absolute atomic E-state index is 0.226. The van der Waals surface area contributed by atoms with Crippen molar-refractivity contribution in [3.63, 3.8) is 0 Å². The van der Waals surface area contributed by atoms with Crippen molar-refractivity contribution in [2.45, 2.75) is 42.1 Å². The van der Waals surface area contributed by atoms with Crippen LogP contribution in [0.25, 0.3) is 56.6 Å². The van der Waals surface area contributed by atoms with E-state index in [2.05, 4.69) is 50.9 Å². The smallest absolute Gasteiger partial charge is 0.200 e. The number of para-hydroxylation sites is 3. The molecule has 22 nitrogen and oxygen atoms in total. The summed E-state index contributed by atoms with van der Waals surface area (Å²) in [5, 5.41) is 30.1. The molecule has 1 aliphatic heterocycles. The van der Waals surface area contributed by atoms with Gasteiger partial charge >= 0.3 is 0 Å². The maximum Gasteiger partial charge on any atom is 0.200 e. The fourth-order valence-corrected chi connectivity index (χ4v) is 9.95. The molecule has 0 fully saturated rings. The minimum Gasteiger partial charge on any atom is -0.379 e. The van der Waals surface area contributed by atoms with Gasteiger partial charge in [0, 0.05) is 56.6 Å². The van der Waals surface area contributed by atoms with Crippen molar-refractivity contribution < 1.29 is 50.3 Å². The Morgan fingerprint density at radius 2 is 0.910 bits per heavy atom. The molecule has 0 radical (unpaired) electrons. The molecule has 456 valence electrons. The summed E-state index contributed by atoms with van der Waals surface area (Å²) in [7, 11) is 5.55. The number of nitrogens with one attached hydrogen (secondary N) is 1. The highest BCUT2D eigenvalue weighted by molar-refractivity contribution is 7.94. The number of ether oxygens (including phenoxy) is 2. The van der Waals surface area contributed by atoms with E-state index in [0.29, 0.717) is 86.7 Å². The molecule has 1 unspecified atom stereocenters. The van der Waals surface area contributed by atoms with E-state index in [-0.39, 0.29) is 30.2 Å². The summed E-state index contributed by atoms with van der Waals surface area (Å²) in [4.78, 5) is 28.9. The van der Waals surface area contributed by atoms with Crippen molar-refractivity contribution in [1.29, 1.82) is 0 Å². The molecule has 89 heavy (non-hydrogen) atoms. The zero-order valence-electron chi connectivity index (χ0n) is 48.2. The maximum atomic E-state index is 13.5. The molecular weight excluding hydrogens is 1210 g/mol. The third-order valence-electron chi connectivity index (χ3n) is 13.0. The normalized spacial score (nSPS) is 12.6. The predicted octanol–water partition coefficient (Wildman–Crippen LogP) is 13.8. The molecule has 0 saturated carbocycles. The zero-order valence-corrected chi connectivity index (χ0v) is 50.6. The first-order chi connectivity index (χ1) is 43.6. The minimum atomic E-state index is -0.316. The lowest BCUT2D eigenvalue weighted by atomic mass is 9.99. The van der Waals surface area contributed by atoms with E-state index in [9.17, 15) is 13.2 Å². The van der Waals surface area contributed by atoms with Crippen LogP contribution < -0.4 is 14.7 Å². The van der Waals surface area contributed by atoms with Gasteiger partial charge in [-0.25, -0.2) is 32.8 Å². The first-order valence-electron chi connectivity index (χ1n) is 27.2. The Labute approximate surface area is 521 Å². The number of nitrogens with zero attached hydrogens (tertiary/aromatic N) is 13. The molecule has 0 aliphatic carbocycles. The van der Waals surface area contributed by atoms with Crippen LogP contribution in [0.2, 0.25) is 0 Å². The Kier molecular flexibility index (Phi) is 21.8. The van der Waals surface area contributed by atoms with Gasteiger partial charge in [0.2, 0.25) is 0 Å². The molecule has 5 aromatic heterocycles. The number of halogens is 3. The van der Waals surface area contributed by atoms with Crippen molar-refractivity contribution in [2.75, 3.05) is 19.8 Å². The summed E-state index contributed by atoms with van der Waals surface area (Å²) in [6.45, 7) is 5.55. The largest absolute Gasteiger partial charge is 0.379 e. The van der Waals surface area contributed by atoms with Gasteiger partial charge in [-0.3, -0.25) is 0 Å². The lowest BCUT2D eigenvalue weighted by Gasteiger charge is -2.14. The van der Waals surface area contributed by atoms with Crippen LogP contribution in [0, 0.1) is 17.5 Å². The van der Waals surface area contributed by atoms with Crippen LogP contribution in [0.5, 0.6) is 17.2 Å². The summed E-state index contributed by atoms with van der Waals surface area (Å²) in [5.41, 5.74) is 8.60. The number of hydrogen-bond donors (Lipinski definition) is 1. The van der Waals surface area contributed by atoms with Gasteiger partial charge in [0.15, 0.2) is 32.7 Å². The lowest BCUT2D eigenvalue weighted by Crippen LogP contribution is -2.15. The van der Waals surface area contributed by atoms with Crippen LogP contribution in [0.3, 0.4) is 0 Å². The predicted molar refractivity (Wildman–Crippen MR) is 327 cm³/mol. The molecule has 0 bridgehead atoms. The molecule has 1 atom stereocenters. The molecule has 0 saturated heterocycles. The average Bonchev–Trinajstić information content (AvgIpc) is 2.34. The topological polar surface area (TPSA) is 224 Å². The van der Waals surface area contributed by atoms with Gasteiger partial charge in [-0.05, 0) is 123 Å². The van der Waals surface area contributed by atoms with E-state index >= 15 is 0 Å². The number of rotatable bonds is 24. The third kappa shape index (κ3) is 16.0. The third-order valence-corrected chi connectivity index (χ3v) is 15.0. The quantitative estimate of drug-likeness (QED) is 0.0337. The van der Waals surface area contributed by atoms with E-state index in [1.54, 1.807) is 96.1 Å². The van der Waals surface area contributed by atoms with Crippen LogP contribution in [-0.2, 0) is 50.3 Å². The van der Waals surface area contributed by atoms with E-state index in [1.165, 1.54) is 36.4 Å². The summed E-state index contributed by atoms with van der Waals surface area (Å²) in [6, 6.07) is 45.7. The number of aromatic nitrogens is 12. The van der Waals surface area contributed by atoms with Crippen LogP contribution in [0.1, 0.15) is 25.1 Å². The Morgan fingerprint density at radius 1 is 0.483 bits per heavy atom. The van der Waals surface area contributed by atoms with Gasteiger partial charge < -0.3 is 37.8 Å². The van der Waals surface area contributed by atoms with Crippen molar-refractivity contribution in [3.8, 4) is 62.5 Å². The van der Waals surface area contributed by atoms with E-state index in [0.717, 1.165) is 69.8 Å². The fraction of sp³-hybridized carbons (Fsp3) is 0.164. The van der Waals surface area contributed by atoms with Crippen LogP contribution in [0.15, 0.2) is 208 Å². The number of imidazole rings is 3. The van der Waals surface area contributed by atoms with Gasteiger partial charge in [-0.15, -0.1) is 18.1 Å². The van der Waals surface area contributed by atoms with E-state index < -0.39 is 0 Å². The first-order valence-corrected chi connectivity index (χ1v) is 29.5. The number of aromatic amines is 1. The van der Waals surface area contributed by atoms with Gasteiger partial charge in [0.1, 0.15) is 94.8 Å². The van der Waals surface area contributed by atoms with Crippen molar-refractivity contribution in [2.24, 2.45) is 31.4 Å². The van der Waals surface area contributed by atoms with Gasteiger partial charge in [0.25, 0.3) is 0 Å². The van der Waals surface area contributed by atoms with Gasteiger partial charge in [-0.1, -0.05) is 59.8 Å². The van der Waals surface area contributed by atoms with Gasteiger partial charge in [-0.2, -0.15) is 25.6 Å². The van der Waals surface area contributed by atoms with Crippen LogP contribution in [-0.4, -0.2) is 84.9 Å². The molecular formula is C61H55F3N14O8S3. The Morgan fingerprint density at radius 3 is 1.39 bits per heavy atom. The second kappa shape index (κ2) is 31.0. The van der Waals surface area contributed by atoms with Crippen molar-refractivity contribution >= 4 is 47.4 Å². The van der Waals surface area contributed by atoms with E-state index in [1.807, 2.05) is 103 Å². The zero-order chi connectivity index (χ0) is 61.9. The number of H-pyrrole nitrogens is 1. The molecule has 1 N–H and O–H groups in total. The number of benzene rings is 6. The second-order valence-electron chi connectivity index (χ2n) is 18.7. The number of azo groups is 1. The van der Waals surface area contributed by atoms with Crippen molar-refractivity contribution in [1.82, 2.24) is 59.1 Å². The molecule has 6 aromatic carbocycles. The molecule has 1 aliphatic rings. The Balaban J connectivity index is 0.000000148. The van der Waals surface area contributed by atoms with E-state index in [4.69, 9.17) is 37.1 Å². The maximum absolute atomic E-state index is 13.5. The molecule has 12 rings (SSSR count). The monoisotopic (exact) mass is 1260 g/mol. The average molecular weight is 1270 g/mol. The molecule has 0 amide bonds. The van der Waals surface area contributed by atoms with Crippen LogP contribution in [0.4, 0.5) is 13.2 Å². The second-order valence-corrected chi connectivity index (χ2v) is 20.7. The standard InChI is InChI=1S/C22H21FN4O3S.C21H20FN5O3S.C18H14FN5O2S/c1-3-28-14-18-20(21(26-25-18)15-9-11-16(23)12-10-15)19-13-24-22(27(19)2)31-30-29-17-7-5-4-6-8-17;1-3-28-14-27-20(15-9-11-16(22)12-10-15)19(24-25-27)18-13-23-21(26(18)2)31-30-29-17-7-5-4-6-8-17;1-24-15(11-20-18(24)27-26-25-14-5-3-2-4-6-14)17-16(21-23-22-17)12-7-9-13(19)10-8-12/h4-13,18H,3,14H2,1-2H3;4-13H,3,14H2,1-2H3;2-11H,1H3,(H,21,22,23). The molecule has 0 spiro atoms. The van der Waals surface area contributed by atoms with Gasteiger partial charge in [0.05, 0.1) is 42.3 Å². The van der Waals surface area contributed by atoms with Crippen molar-refractivity contribution in [3.05, 3.63) is 211 Å². The summed E-state index contributed by atoms with van der Waals surface area (Å²) < 4.78 is 74.0.